The van der Waals surface area contributed by atoms with Crippen molar-refractivity contribution in [2.45, 2.75) is 18.4 Å². The molecular weight excluding hydrogens is 296 g/mol. The van der Waals surface area contributed by atoms with Crippen LogP contribution >= 0.6 is 11.3 Å². The zero-order chi connectivity index (χ0) is 14.8. The minimum absolute atomic E-state index is 0.159. The highest BCUT2D eigenvalue weighted by atomic mass is 32.2. The van der Waals surface area contributed by atoms with Gasteiger partial charge in [0, 0.05) is 18.5 Å². The van der Waals surface area contributed by atoms with Crippen molar-refractivity contribution in [1.82, 2.24) is 9.29 Å². The summed E-state index contributed by atoms with van der Waals surface area (Å²) in [6, 6.07) is 6.54. The van der Waals surface area contributed by atoms with Crippen molar-refractivity contribution in [1.29, 1.82) is 0 Å². The summed E-state index contributed by atoms with van der Waals surface area (Å²) in [6.07, 6.45) is 0. The highest BCUT2D eigenvalue weighted by molar-refractivity contribution is 7.89. The Hall–Kier alpha value is -1.48. The van der Waals surface area contributed by atoms with Gasteiger partial charge in [-0.3, -0.25) is 5.84 Å². The SMILES string of the molecule is Cc1ncsc1CN(C)S(=O)(=O)c1ccccc1NN. The summed E-state index contributed by atoms with van der Waals surface area (Å²) in [7, 11) is -2.06. The van der Waals surface area contributed by atoms with Crippen molar-refractivity contribution >= 4 is 27.0 Å². The van der Waals surface area contributed by atoms with Crippen LogP contribution in [0.3, 0.4) is 0 Å². The lowest BCUT2D eigenvalue weighted by molar-refractivity contribution is 0.469. The maximum absolute atomic E-state index is 12.6. The first-order chi connectivity index (χ1) is 9.46. The molecule has 0 fully saturated rings. The molecule has 0 radical (unpaired) electrons. The van der Waals surface area contributed by atoms with Gasteiger partial charge in [0.2, 0.25) is 10.0 Å². The summed E-state index contributed by atoms with van der Waals surface area (Å²) in [6.45, 7) is 2.15. The quantitative estimate of drug-likeness (QED) is 0.646. The van der Waals surface area contributed by atoms with Crippen molar-refractivity contribution < 1.29 is 8.42 Å². The van der Waals surface area contributed by atoms with Gasteiger partial charge >= 0.3 is 0 Å². The number of hydrogen-bond acceptors (Lipinski definition) is 6. The second-order valence-corrected chi connectivity index (χ2v) is 7.22. The number of rotatable bonds is 5. The van der Waals surface area contributed by atoms with Gasteiger partial charge in [-0.1, -0.05) is 12.1 Å². The molecule has 1 aromatic heterocycles. The Bertz CT molecular complexity index is 697. The van der Waals surface area contributed by atoms with Crippen molar-refractivity contribution in [2.75, 3.05) is 12.5 Å². The number of hydrogen-bond donors (Lipinski definition) is 2. The Kier molecular flexibility index (Phi) is 4.39. The Labute approximate surface area is 122 Å². The number of nitrogens with one attached hydrogen (secondary N) is 1. The molecule has 2 rings (SSSR count). The average Bonchev–Trinajstić information content (AvgIpc) is 2.84. The Morgan fingerprint density at radius 1 is 1.40 bits per heavy atom. The number of thiazole rings is 1. The number of aryl methyl sites for hydroxylation is 1. The topological polar surface area (TPSA) is 88.3 Å². The van der Waals surface area contributed by atoms with Gasteiger partial charge in [-0.2, -0.15) is 4.31 Å². The first-order valence-electron chi connectivity index (χ1n) is 5.87. The van der Waals surface area contributed by atoms with E-state index in [9.17, 15) is 8.42 Å². The lowest BCUT2D eigenvalue weighted by atomic mass is 10.3. The molecule has 0 bridgehead atoms. The zero-order valence-electron chi connectivity index (χ0n) is 11.2. The van der Waals surface area contributed by atoms with Crippen LogP contribution in [0.5, 0.6) is 0 Å². The Morgan fingerprint density at radius 2 is 2.10 bits per heavy atom. The smallest absolute Gasteiger partial charge is 0.245 e. The molecule has 3 N–H and O–H groups in total. The summed E-state index contributed by atoms with van der Waals surface area (Å²) in [5, 5.41) is 0. The van der Waals surface area contributed by atoms with Gasteiger partial charge in [-0.15, -0.1) is 11.3 Å². The van der Waals surface area contributed by atoms with Crippen LogP contribution in [0.1, 0.15) is 10.6 Å². The molecule has 0 spiro atoms. The highest BCUT2D eigenvalue weighted by Gasteiger charge is 2.24. The molecule has 0 aliphatic carbocycles. The lowest BCUT2D eigenvalue weighted by Crippen LogP contribution is -2.27. The second kappa shape index (κ2) is 5.88. The minimum Gasteiger partial charge on any atom is -0.323 e. The maximum Gasteiger partial charge on any atom is 0.245 e. The Balaban J connectivity index is 2.32. The molecule has 0 unspecified atom stereocenters. The number of sulfonamides is 1. The van der Waals surface area contributed by atoms with Gasteiger partial charge in [0.15, 0.2) is 0 Å². The van der Waals surface area contributed by atoms with E-state index in [2.05, 4.69) is 10.4 Å². The molecule has 2 aromatic rings. The molecule has 8 heteroatoms. The van der Waals surface area contributed by atoms with Gasteiger partial charge < -0.3 is 5.43 Å². The van der Waals surface area contributed by atoms with Crippen molar-refractivity contribution in [3.63, 3.8) is 0 Å². The van der Waals surface area contributed by atoms with E-state index in [0.717, 1.165) is 10.6 Å². The number of para-hydroxylation sites is 1. The van der Waals surface area contributed by atoms with Crippen LogP contribution in [0.25, 0.3) is 0 Å². The van der Waals surface area contributed by atoms with E-state index in [1.54, 1.807) is 30.8 Å². The van der Waals surface area contributed by atoms with Crippen molar-refractivity contribution in [2.24, 2.45) is 5.84 Å². The normalized spacial score (nSPS) is 11.8. The van der Waals surface area contributed by atoms with E-state index in [1.165, 1.54) is 21.7 Å². The molecule has 20 heavy (non-hydrogen) atoms. The predicted molar refractivity (Wildman–Crippen MR) is 79.8 cm³/mol. The first kappa shape index (κ1) is 14.9. The Morgan fingerprint density at radius 3 is 2.70 bits per heavy atom. The molecule has 0 aliphatic rings. The van der Waals surface area contributed by atoms with Gasteiger partial charge in [-0.25, -0.2) is 13.4 Å². The number of anilines is 1. The minimum atomic E-state index is -3.60. The zero-order valence-corrected chi connectivity index (χ0v) is 12.8. The molecule has 1 aromatic carbocycles. The fourth-order valence-electron chi connectivity index (χ4n) is 1.74. The van der Waals surface area contributed by atoms with E-state index in [1.807, 2.05) is 6.92 Å². The van der Waals surface area contributed by atoms with Crippen molar-refractivity contribution in [3.8, 4) is 0 Å². The third-order valence-corrected chi connectivity index (χ3v) is 5.72. The summed E-state index contributed by atoms with van der Waals surface area (Å²) < 4.78 is 26.4. The van der Waals surface area contributed by atoms with Gasteiger partial charge in [0.05, 0.1) is 16.9 Å². The molecule has 0 amide bonds. The van der Waals surface area contributed by atoms with Crippen LogP contribution < -0.4 is 11.3 Å². The molecule has 108 valence electrons. The largest absolute Gasteiger partial charge is 0.323 e. The standard InChI is InChI=1S/C12H16N4O2S2/c1-9-11(19-8-14-9)7-16(2)20(17,18)12-6-4-3-5-10(12)15-13/h3-6,8,15H,7,13H2,1-2H3. The average molecular weight is 312 g/mol. The summed E-state index contributed by atoms with van der Waals surface area (Å²) in [5.41, 5.74) is 5.34. The highest BCUT2D eigenvalue weighted by Crippen LogP contribution is 2.25. The second-order valence-electron chi connectivity index (χ2n) is 4.26. The van der Waals surface area contributed by atoms with E-state index in [0.29, 0.717) is 5.69 Å². The van der Waals surface area contributed by atoms with E-state index < -0.39 is 10.0 Å². The van der Waals surface area contributed by atoms with Crippen LogP contribution in [0.4, 0.5) is 5.69 Å². The number of hydrazine groups is 1. The van der Waals surface area contributed by atoms with E-state index >= 15 is 0 Å². The van der Waals surface area contributed by atoms with Gasteiger partial charge in [0.1, 0.15) is 4.90 Å². The van der Waals surface area contributed by atoms with Crippen LogP contribution in [-0.2, 0) is 16.6 Å². The molecule has 1 heterocycles. The third-order valence-electron chi connectivity index (χ3n) is 2.94. The number of nitrogens with zero attached hydrogens (tertiary/aromatic N) is 2. The van der Waals surface area contributed by atoms with Crippen LogP contribution in [0, 0.1) is 6.92 Å². The number of benzene rings is 1. The number of aromatic nitrogens is 1. The van der Waals surface area contributed by atoms with Gasteiger partial charge in [0.25, 0.3) is 0 Å². The van der Waals surface area contributed by atoms with E-state index in [4.69, 9.17) is 5.84 Å². The lowest BCUT2D eigenvalue weighted by Gasteiger charge is -2.18. The summed E-state index contributed by atoms with van der Waals surface area (Å²) >= 11 is 1.44. The predicted octanol–water partition coefficient (Wildman–Crippen LogP) is 1.56. The molecule has 0 saturated heterocycles. The molecule has 6 nitrogen and oxygen atoms in total. The fraction of sp³-hybridized carbons (Fsp3) is 0.250. The number of nitrogens with two attached hydrogens (primary N) is 1. The molecule has 0 atom stereocenters. The monoisotopic (exact) mass is 312 g/mol. The van der Waals surface area contributed by atoms with Crippen LogP contribution in [0.15, 0.2) is 34.7 Å². The molecular formula is C12H16N4O2S2. The fourth-order valence-corrected chi connectivity index (χ4v) is 3.95. The van der Waals surface area contributed by atoms with E-state index in [-0.39, 0.29) is 11.4 Å². The summed E-state index contributed by atoms with van der Waals surface area (Å²) in [4.78, 5) is 5.21. The number of nitrogen functional groups attached to an aromatic ring is 1. The van der Waals surface area contributed by atoms with Gasteiger partial charge in [-0.05, 0) is 19.1 Å². The maximum atomic E-state index is 12.6. The first-order valence-corrected chi connectivity index (χ1v) is 8.19. The summed E-state index contributed by atoms with van der Waals surface area (Å²) in [5.74, 6) is 5.37. The molecule has 0 saturated carbocycles. The van der Waals surface area contributed by atoms with Crippen LogP contribution in [-0.4, -0.2) is 24.8 Å². The third kappa shape index (κ3) is 2.83. The van der Waals surface area contributed by atoms with Crippen LogP contribution in [0.2, 0.25) is 0 Å². The molecule has 0 aliphatic heterocycles. The van der Waals surface area contributed by atoms with Crippen molar-refractivity contribution in [3.05, 3.63) is 40.3 Å².